The normalized spacial score (nSPS) is 15.1. The second kappa shape index (κ2) is 8.13. The van der Waals surface area contributed by atoms with Crippen LogP contribution in [0.15, 0.2) is 0 Å². The number of hydrogen-bond acceptors (Lipinski definition) is 4. The van der Waals surface area contributed by atoms with Gasteiger partial charge in [0.25, 0.3) is 0 Å². The average molecular weight is 290 g/mol. The van der Waals surface area contributed by atoms with E-state index in [-0.39, 0.29) is 19.3 Å². The van der Waals surface area contributed by atoms with Crippen LogP contribution >= 0.6 is 0 Å². The first-order valence-electron chi connectivity index (χ1n) is 6.10. The number of carboxylic acids is 4. The van der Waals surface area contributed by atoms with Gasteiger partial charge < -0.3 is 20.4 Å². The molecule has 0 fully saturated rings. The summed E-state index contributed by atoms with van der Waals surface area (Å²) in [6, 6.07) is 0. The quantitative estimate of drug-likeness (QED) is 0.460. The Morgan fingerprint density at radius 2 is 1.30 bits per heavy atom. The van der Waals surface area contributed by atoms with Crippen molar-refractivity contribution in [1.29, 1.82) is 0 Å². The number of carbonyl (C=O) groups is 4. The third-order valence-corrected chi connectivity index (χ3v) is 3.16. The molecule has 20 heavy (non-hydrogen) atoms. The molecule has 3 atom stereocenters. The minimum absolute atomic E-state index is 0.100. The van der Waals surface area contributed by atoms with Gasteiger partial charge in [-0.1, -0.05) is 6.92 Å². The summed E-state index contributed by atoms with van der Waals surface area (Å²) >= 11 is 0. The Kier molecular flexibility index (Phi) is 7.27. The summed E-state index contributed by atoms with van der Waals surface area (Å²) in [5.74, 6) is -8.78. The molecule has 0 heterocycles. The van der Waals surface area contributed by atoms with Gasteiger partial charge in [0.15, 0.2) is 0 Å². The third kappa shape index (κ3) is 5.68. The summed E-state index contributed by atoms with van der Waals surface area (Å²) in [5, 5.41) is 35.4. The smallest absolute Gasteiger partial charge is 0.307 e. The van der Waals surface area contributed by atoms with Crippen LogP contribution in [-0.4, -0.2) is 44.3 Å². The summed E-state index contributed by atoms with van der Waals surface area (Å²) in [7, 11) is 0. The van der Waals surface area contributed by atoms with E-state index in [1.54, 1.807) is 0 Å². The van der Waals surface area contributed by atoms with Gasteiger partial charge in [-0.15, -0.1) is 0 Å². The fraction of sp³-hybridized carbons (Fsp3) is 0.667. The molecule has 0 aromatic rings. The second-order valence-corrected chi connectivity index (χ2v) is 4.51. The molecule has 0 aliphatic rings. The van der Waals surface area contributed by atoms with E-state index in [2.05, 4.69) is 0 Å². The van der Waals surface area contributed by atoms with Gasteiger partial charge in [0.2, 0.25) is 0 Å². The Bertz CT molecular complexity index is 389. The van der Waals surface area contributed by atoms with Gasteiger partial charge in [0.1, 0.15) is 0 Å². The molecular formula is C12H18O8. The Balaban J connectivity index is 4.83. The molecule has 0 bridgehead atoms. The van der Waals surface area contributed by atoms with Gasteiger partial charge >= 0.3 is 23.9 Å². The first-order chi connectivity index (χ1) is 9.20. The van der Waals surface area contributed by atoms with E-state index in [4.69, 9.17) is 20.4 Å². The van der Waals surface area contributed by atoms with E-state index in [1.807, 2.05) is 0 Å². The van der Waals surface area contributed by atoms with Crippen molar-refractivity contribution in [2.24, 2.45) is 17.8 Å². The Morgan fingerprint density at radius 3 is 1.60 bits per heavy atom. The molecule has 0 aromatic heterocycles. The average Bonchev–Trinajstić information content (AvgIpc) is 2.30. The maximum atomic E-state index is 11.1. The first-order valence-corrected chi connectivity index (χ1v) is 6.10. The van der Waals surface area contributed by atoms with Crippen LogP contribution in [0.1, 0.15) is 32.6 Å². The van der Waals surface area contributed by atoms with Crippen LogP contribution in [0.2, 0.25) is 0 Å². The van der Waals surface area contributed by atoms with Crippen molar-refractivity contribution < 1.29 is 39.6 Å². The van der Waals surface area contributed by atoms with Gasteiger partial charge in [-0.05, 0) is 19.3 Å². The molecule has 0 rings (SSSR count). The van der Waals surface area contributed by atoms with Crippen molar-refractivity contribution in [2.75, 3.05) is 0 Å². The van der Waals surface area contributed by atoms with Crippen molar-refractivity contribution in [3.63, 3.8) is 0 Å². The van der Waals surface area contributed by atoms with Crippen LogP contribution in [0, 0.1) is 17.8 Å². The molecule has 0 saturated heterocycles. The fourth-order valence-corrected chi connectivity index (χ4v) is 2.03. The van der Waals surface area contributed by atoms with E-state index in [0.29, 0.717) is 0 Å². The standard InChI is InChI=1S/C12H18O8/c1-2-7(11(17)18)8(12(19)20)4-3-6(10(15)16)5-9(13)14/h6-8H,2-5H2,1H3,(H,13,14)(H,15,16)(H,17,18)(H,19,20). The van der Waals surface area contributed by atoms with E-state index in [1.165, 1.54) is 6.92 Å². The van der Waals surface area contributed by atoms with Crippen LogP contribution < -0.4 is 0 Å². The number of rotatable bonds is 10. The predicted molar refractivity (Wildman–Crippen MR) is 65.2 cm³/mol. The zero-order valence-electron chi connectivity index (χ0n) is 11.0. The van der Waals surface area contributed by atoms with Crippen LogP contribution in [0.25, 0.3) is 0 Å². The van der Waals surface area contributed by atoms with Crippen LogP contribution in [0.4, 0.5) is 0 Å². The highest BCUT2D eigenvalue weighted by Gasteiger charge is 2.33. The van der Waals surface area contributed by atoms with Crippen LogP contribution in [0.5, 0.6) is 0 Å². The van der Waals surface area contributed by atoms with Gasteiger partial charge in [-0.2, -0.15) is 0 Å². The van der Waals surface area contributed by atoms with Crippen LogP contribution in [0.3, 0.4) is 0 Å². The van der Waals surface area contributed by atoms with Crippen molar-refractivity contribution >= 4 is 23.9 Å². The maximum Gasteiger partial charge on any atom is 0.307 e. The molecular weight excluding hydrogens is 272 g/mol. The lowest BCUT2D eigenvalue weighted by Gasteiger charge is -2.20. The van der Waals surface area contributed by atoms with Gasteiger partial charge in [-0.3, -0.25) is 19.2 Å². The maximum absolute atomic E-state index is 11.1. The van der Waals surface area contributed by atoms with Crippen molar-refractivity contribution in [3.8, 4) is 0 Å². The Hall–Kier alpha value is -2.12. The van der Waals surface area contributed by atoms with Crippen LogP contribution in [-0.2, 0) is 19.2 Å². The van der Waals surface area contributed by atoms with E-state index in [0.717, 1.165) is 0 Å². The Morgan fingerprint density at radius 1 is 0.800 bits per heavy atom. The summed E-state index contributed by atoms with van der Waals surface area (Å²) in [6.07, 6.45) is -0.902. The first kappa shape index (κ1) is 17.9. The zero-order valence-corrected chi connectivity index (χ0v) is 11.0. The third-order valence-electron chi connectivity index (χ3n) is 3.16. The molecule has 8 nitrogen and oxygen atoms in total. The summed E-state index contributed by atoms with van der Waals surface area (Å²) in [5.41, 5.74) is 0. The zero-order chi connectivity index (χ0) is 15.9. The molecule has 0 aromatic carbocycles. The summed E-state index contributed by atoms with van der Waals surface area (Å²) < 4.78 is 0. The minimum Gasteiger partial charge on any atom is -0.481 e. The van der Waals surface area contributed by atoms with E-state index in [9.17, 15) is 19.2 Å². The lowest BCUT2D eigenvalue weighted by Crippen LogP contribution is -2.30. The highest BCUT2D eigenvalue weighted by atomic mass is 16.4. The molecule has 0 saturated carbocycles. The lowest BCUT2D eigenvalue weighted by molar-refractivity contribution is -0.155. The van der Waals surface area contributed by atoms with Gasteiger partial charge in [0.05, 0.1) is 24.2 Å². The topological polar surface area (TPSA) is 149 Å². The van der Waals surface area contributed by atoms with Gasteiger partial charge in [0, 0.05) is 0 Å². The summed E-state index contributed by atoms with van der Waals surface area (Å²) in [6.45, 7) is 1.53. The van der Waals surface area contributed by atoms with Gasteiger partial charge in [-0.25, -0.2) is 0 Å². The Labute approximate surface area is 115 Å². The second-order valence-electron chi connectivity index (χ2n) is 4.51. The summed E-state index contributed by atoms with van der Waals surface area (Å²) in [4.78, 5) is 43.4. The molecule has 0 radical (unpaired) electrons. The lowest BCUT2D eigenvalue weighted by atomic mass is 9.84. The molecule has 8 heteroatoms. The molecule has 0 aliphatic carbocycles. The van der Waals surface area contributed by atoms with E-state index >= 15 is 0 Å². The minimum atomic E-state index is -1.33. The number of aliphatic carboxylic acids is 4. The number of carboxylic acid groups (broad SMARTS) is 4. The molecule has 0 aliphatic heterocycles. The highest BCUT2D eigenvalue weighted by molar-refractivity contribution is 5.80. The monoisotopic (exact) mass is 290 g/mol. The molecule has 4 N–H and O–H groups in total. The predicted octanol–water partition coefficient (Wildman–Crippen LogP) is 0.754. The largest absolute Gasteiger partial charge is 0.481 e. The van der Waals surface area contributed by atoms with Crippen molar-refractivity contribution in [3.05, 3.63) is 0 Å². The molecule has 114 valence electrons. The SMILES string of the molecule is CCC(C(=O)O)C(CCC(CC(=O)O)C(=O)O)C(=O)O. The van der Waals surface area contributed by atoms with E-state index < -0.39 is 48.1 Å². The molecule has 0 amide bonds. The molecule has 3 unspecified atom stereocenters. The molecule has 0 spiro atoms. The highest BCUT2D eigenvalue weighted by Crippen LogP contribution is 2.25. The van der Waals surface area contributed by atoms with Crippen molar-refractivity contribution in [2.45, 2.75) is 32.6 Å². The fourth-order valence-electron chi connectivity index (χ4n) is 2.03. The van der Waals surface area contributed by atoms with Crippen molar-refractivity contribution in [1.82, 2.24) is 0 Å². The number of hydrogen-bond donors (Lipinski definition) is 4.